The van der Waals surface area contributed by atoms with Crippen molar-refractivity contribution in [2.24, 2.45) is 0 Å². The lowest BCUT2D eigenvalue weighted by molar-refractivity contribution is -0.116. The van der Waals surface area contributed by atoms with Gasteiger partial charge in [0.25, 0.3) is 0 Å². The smallest absolute Gasteiger partial charge is 0.328 e. The zero-order valence-corrected chi connectivity index (χ0v) is 11.5. The largest absolute Gasteiger partial charge is 0.494 e. The van der Waals surface area contributed by atoms with Crippen LogP contribution in [0.4, 0.5) is 6.01 Å². The summed E-state index contributed by atoms with van der Waals surface area (Å²) in [5.74, 6) is 1.14. The number of carbonyl (C=O) groups is 1. The van der Waals surface area contributed by atoms with E-state index < -0.39 is 0 Å². The van der Waals surface area contributed by atoms with E-state index in [9.17, 15) is 4.79 Å². The Hall–Kier alpha value is -2.37. The molecule has 0 aliphatic rings. The Balaban J connectivity index is 1.67. The summed E-state index contributed by atoms with van der Waals surface area (Å²) in [6.07, 6.45) is 0.958. The third-order valence-electron chi connectivity index (χ3n) is 2.58. The van der Waals surface area contributed by atoms with Gasteiger partial charge in [-0.15, -0.1) is 0 Å². The van der Waals surface area contributed by atoms with Crippen LogP contribution in [0.5, 0.6) is 5.75 Å². The highest BCUT2D eigenvalue weighted by molar-refractivity contribution is 5.88. The van der Waals surface area contributed by atoms with E-state index in [0.29, 0.717) is 25.3 Å². The van der Waals surface area contributed by atoms with Gasteiger partial charge in [-0.25, -0.2) is 0 Å². The van der Waals surface area contributed by atoms with Crippen LogP contribution in [0.15, 0.2) is 28.8 Å². The minimum atomic E-state index is -0.165. The molecule has 1 heterocycles. The number of carbonyl (C=O) groups excluding carboxylic acids is 1. The Kier molecular flexibility index (Phi) is 4.70. The molecule has 20 heavy (non-hydrogen) atoms. The number of hydrogen-bond acceptors (Lipinski definition) is 5. The molecule has 0 bridgehead atoms. The Morgan fingerprint density at radius 2 is 2.25 bits per heavy atom. The van der Waals surface area contributed by atoms with Gasteiger partial charge in [0, 0.05) is 6.42 Å². The maximum atomic E-state index is 11.6. The lowest BCUT2D eigenvalue weighted by Crippen LogP contribution is -2.13. The van der Waals surface area contributed by atoms with E-state index in [0.717, 1.165) is 11.3 Å². The number of nitrogens with one attached hydrogen (secondary N) is 1. The van der Waals surface area contributed by atoms with Gasteiger partial charge in [0.15, 0.2) is 5.82 Å². The van der Waals surface area contributed by atoms with Crippen molar-refractivity contribution in [1.29, 1.82) is 0 Å². The van der Waals surface area contributed by atoms with Crippen molar-refractivity contribution < 1.29 is 14.1 Å². The first-order chi connectivity index (χ1) is 9.63. The first-order valence-electron chi connectivity index (χ1n) is 6.43. The molecule has 1 N–H and O–H groups in total. The standard InChI is InChI=1S/C14H17N3O3/c1-10-5-3-6-12(9-10)19-8-4-7-13(18)16-14-15-11(2)17-20-14/h3,5-6,9H,4,7-8H2,1-2H3,(H,15,16,17,18). The molecule has 6 nitrogen and oxygen atoms in total. The highest BCUT2D eigenvalue weighted by atomic mass is 16.5. The van der Waals surface area contributed by atoms with Crippen LogP contribution in [-0.4, -0.2) is 22.7 Å². The average molecular weight is 275 g/mol. The summed E-state index contributed by atoms with van der Waals surface area (Å²) < 4.78 is 10.4. The SMILES string of the molecule is Cc1cccc(OCCCC(=O)Nc2nc(C)no2)c1. The number of anilines is 1. The fourth-order valence-electron chi connectivity index (χ4n) is 1.66. The molecular formula is C14H17N3O3. The molecule has 2 aromatic rings. The second-order valence-electron chi connectivity index (χ2n) is 4.46. The highest BCUT2D eigenvalue weighted by Crippen LogP contribution is 2.12. The Bertz CT molecular complexity index is 581. The van der Waals surface area contributed by atoms with Gasteiger partial charge in [-0.3, -0.25) is 10.1 Å². The molecule has 0 aliphatic carbocycles. The van der Waals surface area contributed by atoms with Gasteiger partial charge >= 0.3 is 6.01 Å². The fourth-order valence-corrected chi connectivity index (χ4v) is 1.66. The summed E-state index contributed by atoms with van der Waals surface area (Å²) in [6.45, 7) is 4.18. The molecule has 6 heteroatoms. The fraction of sp³-hybridized carbons (Fsp3) is 0.357. The van der Waals surface area contributed by atoms with E-state index in [1.54, 1.807) is 6.92 Å². The molecule has 106 valence electrons. The minimum Gasteiger partial charge on any atom is -0.494 e. The molecule has 0 saturated carbocycles. The monoisotopic (exact) mass is 275 g/mol. The zero-order chi connectivity index (χ0) is 14.4. The number of hydrogen-bond donors (Lipinski definition) is 1. The van der Waals surface area contributed by atoms with Gasteiger partial charge in [-0.1, -0.05) is 17.3 Å². The zero-order valence-electron chi connectivity index (χ0n) is 11.5. The number of nitrogens with zero attached hydrogens (tertiary/aromatic N) is 2. The van der Waals surface area contributed by atoms with Crippen LogP contribution in [-0.2, 0) is 4.79 Å². The number of amides is 1. The van der Waals surface area contributed by atoms with Crippen molar-refractivity contribution in [3.8, 4) is 5.75 Å². The molecule has 0 unspecified atom stereocenters. The van der Waals surface area contributed by atoms with Crippen molar-refractivity contribution in [2.45, 2.75) is 26.7 Å². The molecule has 0 spiro atoms. The quantitative estimate of drug-likeness (QED) is 0.819. The highest BCUT2D eigenvalue weighted by Gasteiger charge is 2.07. The third kappa shape index (κ3) is 4.38. The Morgan fingerprint density at radius 3 is 2.95 bits per heavy atom. The van der Waals surface area contributed by atoms with E-state index in [-0.39, 0.29) is 11.9 Å². The van der Waals surface area contributed by atoms with E-state index in [1.807, 2.05) is 31.2 Å². The molecule has 0 saturated heterocycles. The van der Waals surface area contributed by atoms with Crippen molar-refractivity contribution in [3.63, 3.8) is 0 Å². The summed E-state index contributed by atoms with van der Waals surface area (Å²) in [5.41, 5.74) is 1.15. The Labute approximate surface area is 117 Å². The lowest BCUT2D eigenvalue weighted by atomic mass is 10.2. The predicted octanol–water partition coefficient (Wildman–Crippen LogP) is 2.48. The first-order valence-corrected chi connectivity index (χ1v) is 6.43. The van der Waals surface area contributed by atoms with Gasteiger partial charge in [-0.2, -0.15) is 4.98 Å². The van der Waals surface area contributed by atoms with E-state index >= 15 is 0 Å². The summed E-state index contributed by atoms with van der Waals surface area (Å²) in [6, 6.07) is 7.93. The third-order valence-corrected chi connectivity index (χ3v) is 2.58. The number of benzene rings is 1. The van der Waals surface area contributed by atoms with E-state index in [4.69, 9.17) is 9.26 Å². The maximum Gasteiger partial charge on any atom is 0.328 e. The molecule has 0 atom stereocenters. The second kappa shape index (κ2) is 6.70. The number of aryl methyl sites for hydroxylation is 2. The lowest BCUT2D eigenvalue weighted by Gasteiger charge is -2.06. The number of aromatic nitrogens is 2. The molecule has 0 fully saturated rings. The summed E-state index contributed by atoms with van der Waals surface area (Å²) in [5, 5.41) is 6.12. The molecule has 0 radical (unpaired) electrons. The Morgan fingerprint density at radius 1 is 1.40 bits per heavy atom. The van der Waals surface area contributed by atoms with Crippen LogP contribution >= 0.6 is 0 Å². The van der Waals surface area contributed by atoms with Crippen molar-refractivity contribution in [1.82, 2.24) is 10.1 Å². The predicted molar refractivity (Wildman–Crippen MR) is 73.6 cm³/mol. The van der Waals surface area contributed by atoms with Crippen LogP contribution in [0.25, 0.3) is 0 Å². The van der Waals surface area contributed by atoms with Gasteiger partial charge in [0.2, 0.25) is 5.91 Å². The molecule has 1 aromatic carbocycles. The second-order valence-corrected chi connectivity index (χ2v) is 4.46. The van der Waals surface area contributed by atoms with Gasteiger partial charge in [-0.05, 0) is 38.0 Å². The molecular weight excluding hydrogens is 258 g/mol. The van der Waals surface area contributed by atoms with Crippen LogP contribution in [0, 0.1) is 13.8 Å². The van der Waals surface area contributed by atoms with Crippen molar-refractivity contribution >= 4 is 11.9 Å². The van der Waals surface area contributed by atoms with Crippen LogP contribution in [0.3, 0.4) is 0 Å². The van der Waals surface area contributed by atoms with Crippen molar-refractivity contribution in [2.75, 3.05) is 11.9 Å². The van der Waals surface area contributed by atoms with Gasteiger partial charge in [0.1, 0.15) is 5.75 Å². The van der Waals surface area contributed by atoms with E-state index in [1.165, 1.54) is 0 Å². The first kappa shape index (κ1) is 14.0. The topological polar surface area (TPSA) is 77.2 Å². The molecule has 2 rings (SSSR count). The van der Waals surface area contributed by atoms with Crippen LogP contribution in [0.1, 0.15) is 24.2 Å². The number of rotatable bonds is 6. The van der Waals surface area contributed by atoms with Gasteiger partial charge < -0.3 is 9.26 Å². The number of ether oxygens (including phenoxy) is 1. The van der Waals surface area contributed by atoms with Crippen molar-refractivity contribution in [3.05, 3.63) is 35.7 Å². The summed E-state index contributed by atoms with van der Waals surface area (Å²) in [7, 11) is 0. The van der Waals surface area contributed by atoms with Crippen LogP contribution < -0.4 is 10.1 Å². The average Bonchev–Trinajstić information content (AvgIpc) is 2.80. The normalized spacial score (nSPS) is 10.3. The van der Waals surface area contributed by atoms with Gasteiger partial charge in [0.05, 0.1) is 6.61 Å². The summed E-state index contributed by atoms with van der Waals surface area (Å²) in [4.78, 5) is 15.5. The summed E-state index contributed by atoms with van der Waals surface area (Å²) >= 11 is 0. The molecule has 1 amide bonds. The van der Waals surface area contributed by atoms with E-state index in [2.05, 4.69) is 15.5 Å². The minimum absolute atomic E-state index is 0.132. The molecule has 1 aromatic heterocycles. The van der Waals surface area contributed by atoms with Crippen LogP contribution in [0.2, 0.25) is 0 Å². The maximum absolute atomic E-state index is 11.6. The molecule has 0 aliphatic heterocycles.